The Morgan fingerprint density at radius 1 is 1.00 bits per heavy atom. The van der Waals surface area contributed by atoms with Crippen LogP contribution in [0, 0.1) is 0 Å². The highest BCUT2D eigenvalue weighted by molar-refractivity contribution is 7.14. The maximum absolute atomic E-state index is 12.5. The molecule has 0 radical (unpaired) electrons. The second-order valence-electron chi connectivity index (χ2n) is 7.89. The van der Waals surface area contributed by atoms with Crippen LogP contribution in [-0.4, -0.2) is 50.1 Å². The van der Waals surface area contributed by atoms with E-state index in [0.717, 1.165) is 63.4 Å². The zero-order valence-corrected chi connectivity index (χ0v) is 17.5. The Morgan fingerprint density at radius 2 is 1.79 bits per heavy atom. The zero-order valence-electron chi connectivity index (χ0n) is 16.7. The van der Waals surface area contributed by atoms with E-state index in [2.05, 4.69) is 51.5 Å². The van der Waals surface area contributed by atoms with Gasteiger partial charge in [-0.3, -0.25) is 9.69 Å². The highest BCUT2D eigenvalue weighted by Crippen LogP contribution is 2.28. The van der Waals surface area contributed by atoms with Crippen LogP contribution in [0.1, 0.15) is 45.8 Å². The van der Waals surface area contributed by atoms with E-state index >= 15 is 0 Å². The van der Waals surface area contributed by atoms with Gasteiger partial charge in [-0.2, -0.15) is 0 Å². The maximum Gasteiger partial charge on any atom is 0.261 e. The van der Waals surface area contributed by atoms with Gasteiger partial charge < -0.3 is 10.2 Å². The Hall–Kier alpha value is -1.85. The number of nitrogens with zero attached hydrogens (tertiary/aromatic N) is 2. The van der Waals surface area contributed by atoms with E-state index in [-0.39, 0.29) is 5.91 Å². The van der Waals surface area contributed by atoms with Gasteiger partial charge in [0.25, 0.3) is 5.91 Å². The molecule has 28 heavy (non-hydrogen) atoms. The first kappa shape index (κ1) is 19.5. The van der Waals surface area contributed by atoms with Crippen LogP contribution in [-0.2, 0) is 12.8 Å². The molecule has 1 saturated heterocycles. The number of amides is 1. The largest absolute Gasteiger partial charge is 0.369 e. The van der Waals surface area contributed by atoms with Crippen molar-refractivity contribution in [1.82, 2.24) is 10.2 Å². The molecule has 1 aliphatic heterocycles. The predicted octanol–water partition coefficient (Wildman–Crippen LogP) is 3.96. The first-order chi connectivity index (χ1) is 13.8. The number of rotatable bonds is 6. The van der Waals surface area contributed by atoms with Gasteiger partial charge >= 0.3 is 0 Å². The molecule has 2 aliphatic rings. The number of aryl methyl sites for hydroxylation is 2. The van der Waals surface area contributed by atoms with Crippen LogP contribution < -0.4 is 10.2 Å². The van der Waals surface area contributed by atoms with Gasteiger partial charge in [0.1, 0.15) is 0 Å². The lowest BCUT2D eigenvalue weighted by molar-refractivity contribution is 0.0955. The summed E-state index contributed by atoms with van der Waals surface area (Å²) in [6, 6.07) is 12.8. The molecular weight excluding hydrogens is 366 g/mol. The number of benzene rings is 1. The first-order valence-corrected chi connectivity index (χ1v) is 11.5. The van der Waals surface area contributed by atoms with Crippen molar-refractivity contribution in [2.24, 2.45) is 0 Å². The summed E-state index contributed by atoms with van der Waals surface area (Å²) < 4.78 is 0. The fraction of sp³-hybridized carbons (Fsp3) is 0.522. The second-order valence-corrected chi connectivity index (χ2v) is 9.03. The van der Waals surface area contributed by atoms with E-state index in [1.165, 1.54) is 35.4 Å². The predicted molar refractivity (Wildman–Crippen MR) is 118 cm³/mol. The van der Waals surface area contributed by atoms with Crippen molar-refractivity contribution < 1.29 is 4.79 Å². The van der Waals surface area contributed by atoms with Gasteiger partial charge in [0.15, 0.2) is 0 Å². The zero-order chi connectivity index (χ0) is 19.2. The molecule has 0 saturated carbocycles. The molecule has 1 aromatic heterocycles. The smallest absolute Gasteiger partial charge is 0.261 e. The molecule has 4 rings (SSSR count). The number of carbonyl (C=O) groups excluding carboxylic acids is 1. The van der Waals surface area contributed by atoms with E-state index < -0.39 is 0 Å². The lowest BCUT2D eigenvalue weighted by Gasteiger charge is -2.36. The average Bonchev–Trinajstić information content (AvgIpc) is 3.03. The second kappa shape index (κ2) is 9.57. The highest BCUT2D eigenvalue weighted by atomic mass is 32.1. The van der Waals surface area contributed by atoms with Gasteiger partial charge in [-0.15, -0.1) is 11.3 Å². The first-order valence-electron chi connectivity index (χ1n) is 10.7. The van der Waals surface area contributed by atoms with E-state index in [9.17, 15) is 4.79 Å². The van der Waals surface area contributed by atoms with Crippen molar-refractivity contribution in [2.45, 2.75) is 38.5 Å². The Labute approximate surface area is 172 Å². The van der Waals surface area contributed by atoms with Gasteiger partial charge in [0.2, 0.25) is 0 Å². The minimum atomic E-state index is 0.118. The van der Waals surface area contributed by atoms with Crippen LogP contribution in [0.5, 0.6) is 0 Å². The van der Waals surface area contributed by atoms with Gasteiger partial charge in [0, 0.05) is 43.3 Å². The summed E-state index contributed by atoms with van der Waals surface area (Å²) in [6.07, 6.45) is 7.18. The number of hydrogen-bond donors (Lipinski definition) is 1. The van der Waals surface area contributed by atoms with E-state index in [4.69, 9.17) is 0 Å². The number of anilines is 1. The summed E-state index contributed by atoms with van der Waals surface area (Å²) in [6.45, 7) is 6.18. The number of fused-ring (bicyclic) bond motifs is 1. The molecule has 0 spiro atoms. The van der Waals surface area contributed by atoms with Crippen molar-refractivity contribution in [3.05, 3.63) is 51.7 Å². The van der Waals surface area contributed by atoms with Crippen molar-refractivity contribution in [1.29, 1.82) is 0 Å². The maximum atomic E-state index is 12.5. The van der Waals surface area contributed by atoms with Crippen LogP contribution in [0.4, 0.5) is 5.69 Å². The molecule has 1 aliphatic carbocycles. The molecule has 0 bridgehead atoms. The summed E-state index contributed by atoms with van der Waals surface area (Å²) in [5.41, 5.74) is 2.74. The van der Waals surface area contributed by atoms with Gasteiger partial charge in [-0.05, 0) is 62.4 Å². The van der Waals surface area contributed by atoms with Crippen LogP contribution >= 0.6 is 11.3 Å². The number of piperazine rings is 1. The summed E-state index contributed by atoms with van der Waals surface area (Å²) in [5.74, 6) is 0.118. The van der Waals surface area contributed by atoms with Gasteiger partial charge in [-0.25, -0.2) is 0 Å². The number of hydrogen-bond acceptors (Lipinski definition) is 4. The van der Waals surface area contributed by atoms with E-state index in [1.54, 1.807) is 11.3 Å². The molecule has 1 N–H and O–H groups in total. The molecule has 2 aromatic rings. The normalized spacial score (nSPS) is 17.8. The molecule has 5 heteroatoms. The summed E-state index contributed by atoms with van der Waals surface area (Å²) in [4.78, 5) is 19.8. The third kappa shape index (κ3) is 4.95. The van der Waals surface area contributed by atoms with Crippen molar-refractivity contribution in [2.75, 3.05) is 44.2 Å². The molecule has 0 atom stereocenters. The van der Waals surface area contributed by atoms with E-state index in [0.29, 0.717) is 0 Å². The summed E-state index contributed by atoms with van der Waals surface area (Å²) >= 11 is 1.71. The van der Waals surface area contributed by atoms with Crippen LogP contribution in [0.3, 0.4) is 0 Å². The molecule has 2 heterocycles. The third-order valence-electron chi connectivity index (χ3n) is 5.90. The standard InChI is InChI=1S/C23H31N3OS/c27-23(22-18-19-8-3-1-6-11-21(19)28-22)24-12-7-13-25-14-16-26(17-15-25)20-9-4-2-5-10-20/h2,4-5,9-10,18H,1,3,6-8,11-17H2,(H,24,27). The highest BCUT2D eigenvalue weighted by Gasteiger charge is 2.18. The molecular formula is C23H31N3OS. The van der Waals surface area contributed by atoms with Crippen LogP contribution in [0.15, 0.2) is 36.4 Å². The number of thiophene rings is 1. The lowest BCUT2D eigenvalue weighted by atomic mass is 10.1. The lowest BCUT2D eigenvalue weighted by Crippen LogP contribution is -2.47. The minimum Gasteiger partial charge on any atom is -0.369 e. The summed E-state index contributed by atoms with van der Waals surface area (Å²) in [5, 5.41) is 3.13. The van der Waals surface area contributed by atoms with Crippen LogP contribution in [0.2, 0.25) is 0 Å². The molecule has 150 valence electrons. The van der Waals surface area contributed by atoms with Crippen molar-refractivity contribution in [3.63, 3.8) is 0 Å². The van der Waals surface area contributed by atoms with Crippen molar-refractivity contribution in [3.8, 4) is 0 Å². The molecule has 1 amide bonds. The number of nitrogens with one attached hydrogen (secondary N) is 1. The average molecular weight is 398 g/mol. The van der Waals surface area contributed by atoms with Gasteiger partial charge in [-0.1, -0.05) is 24.6 Å². The molecule has 4 nitrogen and oxygen atoms in total. The van der Waals surface area contributed by atoms with Gasteiger partial charge in [0.05, 0.1) is 4.88 Å². The Kier molecular flexibility index (Phi) is 6.65. The number of para-hydroxylation sites is 1. The van der Waals surface area contributed by atoms with Crippen LogP contribution in [0.25, 0.3) is 0 Å². The Balaban J connectivity index is 1.16. The Bertz CT molecular complexity index is 742. The minimum absolute atomic E-state index is 0.118. The molecule has 1 aromatic carbocycles. The molecule has 0 unspecified atom stereocenters. The summed E-state index contributed by atoms with van der Waals surface area (Å²) in [7, 11) is 0. The molecule has 1 fully saturated rings. The van der Waals surface area contributed by atoms with E-state index in [1.807, 2.05) is 0 Å². The third-order valence-corrected chi connectivity index (χ3v) is 7.14. The fourth-order valence-electron chi connectivity index (χ4n) is 4.24. The SMILES string of the molecule is O=C(NCCCN1CCN(c2ccccc2)CC1)c1cc2c(s1)CCCCC2. The van der Waals surface area contributed by atoms with Crippen molar-refractivity contribution >= 4 is 22.9 Å². The fourth-order valence-corrected chi connectivity index (χ4v) is 5.41. The Morgan fingerprint density at radius 3 is 2.61 bits per heavy atom. The number of carbonyl (C=O) groups is 1. The monoisotopic (exact) mass is 397 g/mol. The quantitative estimate of drug-likeness (QED) is 0.592. The topological polar surface area (TPSA) is 35.6 Å².